The lowest BCUT2D eigenvalue weighted by molar-refractivity contribution is -0.141. The molecule has 3 nitrogen and oxygen atoms in total. The average molecular weight is 293 g/mol. The molecule has 0 aliphatic carbocycles. The third-order valence-electron chi connectivity index (χ3n) is 2.70. The molecule has 0 aliphatic heterocycles. The van der Waals surface area contributed by atoms with Crippen molar-refractivity contribution in [1.82, 2.24) is 5.32 Å². The number of rotatable bonds is 5. The van der Waals surface area contributed by atoms with E-state index in [2.05, 4.69) is 10.1 Å². The molecule has 0 heterocycles. The number of ether oxygens (including phenoxy) is 1. The van der Waals surface area contributed by atoms with E-state index in [1.165, 1.54) is 7.11 Å². The van der Waals surface area contributed by atoms with Crippen molar-refractivity contribution in [2.24, 2.45) is 0 Å². The Kier molecular flexibility index (Phi) is 5.50. The van der Waals surface area contributed by atoms with Crippen molar-refractivity contribution in [3.05, 3.63) is 35.1 Å². The van der Waals surface area contributed by atoms with Crippen LogP contribution >= 0.6 is 0 Å². The minimum Gasteiger partial charge on any atom is -0.469 e. The molecule has 1 rings (SSSR count). The molecule has 1 atom stereocenters. The van der Waals surface area contributed by atoms with Gasteiger partial charge in [0, 0.05) is 6.04 Å². The summed E-state index contributed by atoms with van der Waals surface area (Å²) in [5.74, 6) is -1.59. The average Bonchev–Trinajstić information content (AvgIpc) is 2.36. The third kappa shape index (κ3) is 4.48. The van der Waals surface area contributed by atoms with Gasteiger partial charge in [0.2, 0.25) is 0 Å². The van der Waals surface area contributed by atoms with Crippen LogP contribution in [-0.2, 0) is 15.7 Å². The van der Waals surface area contributed by atoms with Crippen molar-refractivity contribution < 1.29 is 27.1 Å². The third-order valence-corrected chi connectivity index (χ3v) is 2.70. The van der Waals surface area contributed by atoms with Crippen molar-refractivity contribution in [3.63, 3.8) is 0 Å². The van der Waals surface area contributed by atoms with Crippen molar-refractivity contribution in [2.75, 3.05) is 13.7 Å². The van der Waals surface area contributed by atoms with Gasteiger partial charge in [-0.1, -0.05) is 6.92 Å². The fraction of sp³-hybridized carbons (Fsp3) is 0.462. The van der Waals surface area contributed by atoms with Crippen molar-refractivity contribution >= 4 is 5.97 Å². The van der Waals surface area contributed by atoms with Gasteiger partial charge < -0.3 is 10.1 Å². The van der Waals surface area contributed by atoms with Crippen LogP contribution in [0, 0.1) is 5.82 Å². The predicted octanol–water partition coefficient (Wildman–Crippen LogP) is 3.06. The maximum Gasteiger partial charge on any atom is 0.416 e. The Morgan fingerprint density at radius 2 is 2.00 bits per heavy atom. The molecule has 0 bridgehead atoms. The fourth-order valence-electron chi connectivity index (χ4n) is 1.78. The Bertz CT molecular complexity index is 474. The number of halogens is 4. The van der Waals surface area contributed by atoms with E-state index in [1.54, 1.807) is 6.92 Å². The van der Waals surface area contributed by atoms with E-state index in [0.29, 0.717) is 12.6 Å². The van der Waals surface area contributed by atoms with Gasteiger partial charge in [-0.15, -0.1) is 0 Å². The van der Waals surface area contributed by atoms with E-state index in [1.807, 2.05) is 0 Å². The van der Waals surface area contributed by atoms with Gasteiger partial charge >= 0.3 is 12.1 Å². The van der Waals surface area contributed by atoms with Gasteiger partial charge in [0.15, 0.2) is 0 Å². The van der Waals surface area contributed by atoms with Crippen molar-refractivity contribution in [1.29, 1.82) is 0 Å². The Labute approximate surface area is 113 Å². The lowest BCUT2D eigenvalue weighted by atomic mass is 10.0. The van der Waals surface area contributed by atoms with Crippen LogP contribution in [0.2, 0.25) is 0 Å². The maximum absolute atomic E-state index is 13.3. The van der Waals surface area contributed by atoms with E-state index in [4.69, 9.17) is 0 Å². The molecule has 0 amide bonds. The van der Waals surface area contributed by atoms with E-state index < -0.39 is 29.6 Å². The van der Waals surface area contributed by atoms with Crippen LogP contribution in [0.25, 0.3) is 0 Å². The molecule has 1 N–H and O–H groups in total. The van der Waals surface area contributed by atoms with Gasteiger partial charge in [-0.05, 0) is 30.3 Å². The summed E-state index contributed by atoms with van der Waals surface area (Å²) in [6.45, 7) is 2.15. The molecule has 20 heavy (non-hydrogen) atoms. The van der Waals surface area contributed by atoms with E-state index >= 15 is 0 Å². The molecular formula is C13H15F4NO2. The minimum atomic E-state index is -4.64. The summed E-state index contributed by atoms with van der Waals surface area (Å²) < 4.78 is 55.8. The first kappa shape index (κ1) is 16.4. The van der Waals surface area contributed by atoms with Crippen LogP contribution in [0.3, 0.4) is 0 Å². The number of hydrogen-bond donors (Lipinski definition) is 1. The topological polar surface area (TPSA) is 38.3 Å². The van der Waals surface area contributed by atoms with Gasteiger partial charge in [-0.3, -0.25) is 4.79 Å². The molecule has 0 aliphatic rings. The summed E-state index contributed by atoms with van der Waals surface area (Å²) in [4.78, 5) is 11.3. The Morgan fingerprint density at radius 3 is 2.50 bits per heavy atom. The zero-order valence-electron chi connectivity index (χ0n) is 11.1. The van der Waals surface area contributed by atoms with E-state index in [0.717, 1.165) is 12.1 Å². The van der Waals surface area contributed by atoms with Gasteiger partial charge in [0.25, 0.3) is 0 Å². The van der Waals surface area contributed by atoms with Crippen LogP contribution in [0.15, 0.2) is 18.2 Å². The zero-order valence-corrected chi connectivity index (χ0v) is 11.1. The Morgan fingerprint density at radius 1 is 1.35 bits per heavy atom. The molecule has 7 heteroatoms. The van der Waals surface area contributed by atoms with Gasteiger partial charge in [-0.25, -0.2) is 4.39 Å². The van der Waals surface area contributed by atoms with Crippen molar-refractivity contribution in [3.8, 4) is 0 Å². The zero-order chi connectivity index (χ0) is 15.3. The molecule has 0 spiro atoms. The first-order valence-electron chi connectivity index (χ1n) is 5.95. The Balaban J connectivity index is 3.12. The second kappa shape index (κ2) is 6.69. The summed E-state index contributed by atoms with van der Waals surface area (Å²) in [7, 11) is 1.18. The monoisotopic (exact) mass is 293 g/mol. The van der Waals surface area contributed by atoms with Crippen molar-refractivity contribution in [2.45, 2.75) is 25.6 Å². The fourth-order valence-corrected chi connectivity index (χ4v) is 1.78. The first-order chi connectivity index (χ1) is 9.27. The highest BCUT2D eigenvalue weighted by molar-refractivity contribution is 5.70. The first-order valence-corrected chi connectivity index (χ1v) is 5.95. The van der Waals surface area contributed by atoms with Crippen LogP contribution in [0.4, 0.5) is 17.6 Å². The summed E-state index contributed by atoms with van der Waals surface area (Å²) in [5.41, 5.74) is -1.02. The van der Waals surface area contributed by atoms with Crippen LogP contribution < -0.4 is 5.32 Å². The standard InChI is InChI=1S/C13H15F4NO2/c1-3-18-11(7-12(19)20-2)8-4-9(13(15,16)17)6-10(14)5-8/h4-6,11,18H,3,7H2,1-2H3. The number of alkyl halides is 3. The highest BCUT2D eigenvalue weighted by Crippen LogP contribution is 2.32. The lowest BCUT2D eigenvalue weighted by Gasteiger charge is -2.19. The molecule has 0 aromatic heterocycles. The summed E-state index contributed by atoms with van der Waals surface area (Å²) in [6.07, 6.45) is -4.82. The quantitative estimate of drug-likeness (QED) is 0.670. The van der Waals surface area contributed by atoms with E-state index in [-0.39, 0.29) is 12.0 Å². The summed E-state index contributed by atoms with van der Waals surface area (Å²) in [6, 6.07) is 1.50. The van der Waals surface area contributed by atoms with Crippen LogP contribution in [0.5, 0.6) is 0 Å². The number of carbonyl (C=O) groups excluding carboxylic acids is 1. The highest BCUT2D eigenvalue weighted by atomic mass is 19.4. The largest absolute Gasteiger partial charge is 0.469 e. The number of esters is 1. The molecule has 0 saturated carbocycles. The smallest absolute Gasteiger partial charge is 0.416 e. The number of hydrogen-bond acceptors (Lipinski definition) is 3. The molecule has 0 fully saturated rings. The Hall–Kier alpha value is -1.63. The summed E-state index contributed by atoms with van der Waals surface area (Å²) >= 11 is 0. The molecule has 0 saturated heterocycles. The van der Waals surface area contributed by atoms with Gasteiger partial charge in [0.05, 0.1) is 19.1 Å². The SMILES string of the molecule is CCNC(CC(=O)OC)c1cc(F)cc(C(F)(F)F)c1. The number of methoxy groups -OCH3 is 1. The molecule has 1 unspecified atom stereocenters. The number of nitrogens with one attached hydrogen (secondary N) is 1. The number of benzene rings is 1. The minimum absolute atomic E-state index is 0.0598. The van der Waals surface area contributed by atoms with Gasteiger partial charge in [0.1, 0.15) is 5.82 Å². The second-order valence-corrected chi connectivity index (χ2v) is 4.16. The normalized spacial score (nSPS) is 13.1. The van der Waals surface area contributed by atoms with E-state index in [9.17, 15) is 22.4 Å². The summed E-state index contributed by atoms with van der Waals surface area (Å²) in [5, 5.41) is 2.84. The molecular weight excluding hydrogens is 278 g/mol. The predicted molar refractivity (Wildman–Crippen MR) is 64.5 cm³/mol. The molecule has 0 radical (unpaired) electrons. The molecule has 112 valence electrons. The van der Waals surface area contributed by atoms with Crippen LogP contribution in [-0.4, -0.2) is 19.6 Å². The number of carbonyl (C=O) groups is 1. The van der Waals surface area contributed by atoms with Gasteiger partial charge in [-0.2, -0.15) is 13.2 Å². The molecule has 1 aromatic rings. The second-order valence-electron chi connectivity index (χ2n) is 4.16. The highest BCUT2D eigenvalue weighted by Gasteiger charge is 2.32. The van der Waals surface area contributed by atoms with Crippen LogP contribution in [0.1, 0.15) is 30.5 Å². The molecule has 1 aromatic carbocycles. The maximum atomic E-state index is 13.3. The lowest BCUT2D eigenvalue weighted by Crippen LogP contribution is -2.24.